The number of carbonyl (C=O) groups is 2. The molecule has 0 unspecified atom stereocenters. The lowest BCUT2D eigenvalue weighted by atomic mass is 9.81. The van der Waals surface area contributed by atoms with Gasteiger partial charge in [0, 0.05) is 62.2 Å². The van der Waals surface area contributed by atoms with E-state index >= 15 is 4.39 Å². The minimum absolute atomic E-state index is 0.0101. The predicted molar refractivity (Wildman–Crippen MR) is 182 cm³/mol. The Balaban J connectivity index is 1.27. The summed E-state index contributed by atoms with van der Waals surface area (Å²) in [5, 5.41) is 4.62. The van der Waals surface area contributed by atoms with Crippen molar-refractivity contribution in [1.82, 2.24) is 25.0 Å². The molecule has 1 spiro atoms. The second-order valence-corrected chi connectivity index (χ2v) is 15.6. The minimum atomic E-state index is -0.889. The molecule has 47 heavy (non-hydrogen) atoms. The molecule has 1 aromatic heterocycles. The number of hydrogen-bond acceptors (Lipinski definition) is 8. The molecule has 5 aliphatic rings. The van der Waals surface area contributed by atoms with E-state index in [1.165, 1.54) is 17.8 Å². The van der Waals surface area contributed by atoms with Crippen molar-refractivity contribution in [2.24, 2.45) is 10.9 Å². The molecule has 1 saturated carbocycles. The largest absolute Gasteiger partial charge is 0.380 e. The maximum atomic E-state index is 15.0. The normalized spacial score (nSPS) is 29.6. The second-order valence-electron chi connectivity index (χ2n) is 13.9. The van der Waals surface area contributed by atoms with E-state index in [2.05, 4.69) is 22.1 Å². The van der Waals surface area contributed by atoms with Gasteiger partial charge in [0.25, 0.3) is 5.91 Å². The fourth-order valence-corrected chi connectivity index (χ4v) is 9.12. The van der Waals surface area contributed by atoms with E-state index < -0.39 is 23.4 Å². The number of rotatable bonds is 6. The van der Waals surface area contributed by atoms with Crippen molar-refractivity contribution in [2.75, 3.05) is 26.7 Å². The molecule has 1 aromatic carbocycles. The van der Waals surface area contributed by atoms with E-state index in [4.69, 9.17) is 32.9 Å². The van der Waals surface area contributed by atoms with E-state index in [1.54, 1.807) is 36.4 Å². The zero-order chi connectivity index (χ0) is 33.4. The van der Waals surface area contributed by atoms with Gasteiger partial charge in [0.15, 0.2) is 5.17 Å². The Morgan fingerprint density at radius 2 is 1.94 bits per heavy atom. The van der Waals surface area contributed by atoms with E-state index in [0.717, 1.165) is 30.6 Å². The third-order valence-corrected chi connectivity index (χ3v) is 12.0. The Bertz CT molecular complexity index is 1680. The second kappa shape index (κ2) is 12.0. The van der Waals surface area contributed by atoms with E-state index in [9.17, 15) is 9.59 Å². The van der Waals surface area contributed by atoms with Gasteiger partial charge < -0.3 is 24.8 Å². The van der Waals surface area contributed by atoms with Crippen LogP contribution in [0.2, 0.25) is 10.2 Å². The Morgan fingerprint density at radius 1 is 1.17 bits per heavy atom. The Morgan fingerprint density at radius 3 is 2.57 bits per heavy atom. The van der Waals surface area contributed by atoms with Gasteiger partial charge in [-0.15, -0.1) is 0 Å². The van der Waals surface area contributed by atoms with Crippen LogP contribution in [0.3, 0.4) is 0 Å². The standard InChI is InChI=1S/C34H39Cl2FN6O3S/c1-18(2)27-28(31(45)41-16-22(46-5)13-25(41)30(44)42-17-34(10-11-34)39-14-19(42)3)47-32-40-33(4,21-7-9-26(36)38-15-21)29(43(27)32)20-6-8-23(35)24(37)12-20/h6-9,12,15,18-19,22,25,29,39H,10-11,13-14,16-17H2,1-5H3/t19-,22+,25-,29+,33-/m0/s1. The molecular weight excluding hydrogens is 662 g/mol. The molecule has 2 saturated heterocycles. The summed E-state index contributed by atoms with van der Waals surface area (Å²) in [6, 6.07) is 7.27. The lowest BCUT2D eigenvalue weighted by molar-refractivity contribution is -0.144. The number of ether oxygens (including phenoxy) is 1. The van der Waals surface area contributed by atoms with Crippen LogP contribution in [0.5, 0.6) is 0 Å². The number of thioether (sulfide) groups is 1. The maximum Gasteiger partial charge on any atom is 0.263 e. The zero-order valence-electron chi connectivity index (χ0n) is 27.1. The molecule has 250 valence electrons. The van der Waals surface area contributed by atoms with Gasteiger partial charge in [-0.3, -0.25) is 9.59 Å². The Labute approximate surface area is 288 Å². The van der Waals surface area contributed by atoms with Gasteiger partial charge in [0.05, 0.1) is 17.2 Å². The number of amidine groups is 1. The summed E-state index contributed by atoms with van der Waals surface area (Å²) in [5.74, 6) is -0.875. The van der Waals surface area contributed by atoms with Gasteiger partial charge in [-0.2, -0.15) is 0 Å². The lowest BCUT2D eigenvalue weighted by Crippen LogP contribution is -2.61. The number of amides is 2. The summed E-state index contributed by atoms with van der Waals surface area (Å²) < 4.78 is 20.8. The molecule has 0 bridgehead atoms. The summed E-state index contributed by atoms with van der Waals surface area (Å²) >= 11 is 13.6. The van der Waals surface area contributed by atoms with Gasteiger partial charge in [-0.25, -0.2) is 14.4 Å². The van der Waals surface area contributed by atoms with Crippen LogP contribution in [0.1, 0.15) is 64.1 Å². The number of aliphatic imine (C=N–C) groups is 1. The number of allylic oxidation sites excluding steroid dienone is 1. The average Bonchev–Trinajstić information content (AvgIpc) is 3.36. The summed E-state index contributed by atoms with van der Waals surface area (Å²) in [7, 11) is 1.63. The number of hydrogen-bond donors (Lipinski definition) is 1. The van der Waals surface area contributed by atoms with Gasteiger partial charge >= 0.3 is 0 Å². The van der Waals surface area contributed by atoms with Crippen LogP contribution in [0.4, 0.5) is 4.39 Å². The third kappa shape index (κ3) is 5.56. The van der Waals surface area contributed by atoms with Crippen LogP contribution in [0.25, 0.3) is 0 Å². The number of halogens is 3. The molecule has 2 aromatic rings. The molecule has 1 N–H and O–H groups in total. The molecule has 2 amide bonds. The van der Waals surface area contributed by atoms with Crippen LogP contribution < -0.4 is 5.32 Å². The smallest absolute Gasteiger partial charge is 0.263 e. The number of piperazine rings is 1. The van der Waals surface area contributed by atoms with Gasteiger partial charge in [0.2, 0.25) is 5.91 Å². The van der Waals surface area contributed by atoms with Crippen molar-refractivity contribution >= 4 is 51.9 Å². The first kappa shape index (κ1) is 32.8. The van der Waals surface area contributed by atoms with Gasteiger partial charge in [0.1, 0.15) is 27.5 Å². The Hall–Kier alpha value is -2.70. The fourth-order valence-electron chi connectivity index (χ4n) is 7.53. The predicted octanol–water partition coefficient (Wildman–Crippen LogP) is 5.74. The molecular formula is C34H39Cl2FN6O3S. The number of aromatic nitrogens is 1. The van der Waals surface area contributed by atoms with Crippen molar-refractivity contribution in [1.29, 1.82) is 0 Å². The van der Waals surface area contributed by atoms with Crippen LogP contribution in [-0.4, -0.2) is 87.1 Å². The highest BCUT2D eigenvalue weighted by atomic mass is 35.5. The highest BCUT2D eigenvalue weighted by Gasteiger charge is 2.55. The molecule has 4 aliphatic heterocycles. The maximum absolute atomic E-state index is 15.0. The quantitative estimate of drug-likeness (QED) is 0.385. The number of pyridine rings is 1. The fraction of sp³-hybridized carbons (Fsp3) is 0.529. The van der Waals surface area contributed by atoms with Crippen LogP contribution in [0, 0.1) is 11.7 Å². The van der Waals surface area contributed by atoms with Crippen molar-refractivity contribution in [3.05, 3.63) is 74.3 Å². The summed E-state index contributed by atoms with van der Waals surface area (Å²) in [4.78, 5) is 44.7. The van der Waals surface area contributed by atoms with Crippen LogP contribution >= 0.6 is 35.0 Å². The SMILES string of the molecule is CO[C@@H]1C[C@@H](C(=O)N2CC3(CC3)NC[C@@H]2C)N(C(=O)C2=C(C(C)C)N3C(=N[C@@](C)(c4ccc(Cl)nc4)[C@H]3c3ccc(Cl)c(F)c3)S2)C1. The van der Waals surface area contributed by atoms with E-state index in [-0.39, 0.29) is 40.4 Å². The first-order valence-corrected chi connectivity index (χ1v) is 17.7. The number of methoxy groups -OCH3 is 1. The highest BCUT2D eigenvalue weighted by molar-refractivity contribution is 8.18. The summed E-state index contributed by atoms with van der Waals surface area (Å²) in [5.41, 5.74) is 1.36. The van der Waals surface area contributed by atoms with Crippen molar-refractivity contribution in [2.45, 2.75) is 82.3 Å². The van der Waals surface area contributed by atoms with Crippen molar-refractivity contribution < 1.29 is 18.7 Å². The molecule has 3 fully saturated rings. The number of carbonyl (C=O) groups excluding carboxylic acids is 2. The number of fused-ring (bicyclic) bond motifs is 1. The van der Waals surface area contributed by atoms with Crippen LogP contribution in [-0.2, 0) is 19.9 Å². The minimum Gasteiger partial charge on any atom is -0.380 e. The molecule has 5 atom stereocenters. The molecule has 13 heteroatoms. The molecule has 1 aliphatic carbocycles. The van der Waals surface area contributed by atoms with Crippen molar-refractivity contribution in [3.63, 3.8) is 0 Å². The first-order chi connectivity index (χ1) is 22.4. The van der Waals surface area contributed by atoms with E-state index in [0.29, 0.717) is 40.3 Å². The summed E-state index contributed by atoms with van der Waals surface area (Å²) in [6.45, 7) is 9.82. The topological polar surface area (TPSA) is 90.4 Å². The number of likely N-dealkylation sites (tertiary alicyclic amines) is 1. The number of nitrogens with one attached hydrogen (secondary N) is 1. The highest BCUT2D eigenvalue weighted by Crippen LogP contribution is 2.56. The molecule has 5 heterocycles. The average molecular weight is 702 g/mol. The molecule has 0 radical (unpaired) electrons. The third-order valence-electron chi connectivity index (χ3n) is 10.4. The molecule has 9 nitrogen and oxygen atoms in total. The van der Waals surface area contributed by atoms with Gasteiger partial charge in [-0.1, -0.05) is 49.2 Å². The number of nitrogens with zero attached hydrogens (tertiary/aromatic N) is 5. The van der Waals surface area contributed by atoms with Crippen molar-refractivity contribution in [3.8, 4) is 0 Å². The number of benzene rings is 1. The first-order valence-electron chi connectivity index (χ1n) is 16.1. The summed E-state index contributed by atoms with van der Waals surface area (Å²) in [6.07, 6.45) is 4.00. The van der Waals surface area contributed by atoms with Gasteiger partial charge in [-0.05, 0) is 68.1 Å². The lowest BCUT2D eigenvalue weighted by Gasteiger charge is -2.41. The monoisotopic (exact) mass is 700 g/mol. The van der Waals surface area contributed by atoms with E-state index in [1.807, 2.05) is 31.7 Å². The Kier molecular flexibility index (Phi) is 8.39. The molecule has 7 rings (SSSR count). The zero-order valence-corrected chi connectivity index (χ0v) is 29.4. The van der Waals surface area contributed by atoms with Crippen LogP contribution in [0.15, 0.2) is 52.1 Å².